The van der Waals surface area contributed by atoms with E-state index >= 15 is 0 Å². The summed E-state index contributed by atoms with van der Waals surface area (Å²) in [5, 5.41) is 8.85. The Labute approximate surface area is 139 Å². The molecule has 0 aliphatic rings. The van der Waals surface area contributed by atoms with Crippen LogP contribution in [0.2, 0.25) is 0 Å². The van der Waals surface area contributed by atoms with Gasteiger partial charge in [-0.3, -0.25) is 4.98 Å². The second-order valence-electron chi connectivity index (χ2n) is 4.86. The van der Waals surface area contributed by atoms with Crippen molar-refractivity contribution in [1.82, 2.24) is 4.98 Å². The van der Waals surface area contributed by atoms with Gasteiger partial charge in [0, 0.05) is 13.3 Å². The molecular formula is C16H17NO6S. The number of ether oxygens (including phenoxy) is 2. The summed E-state index contributed by atoms with van der Waals surface area (Å²) in [5.41, 5.74) is 0.627. The summed E-state index contributed by atoms with van der Waals surface area (Å²) < 4.78 is 35.1. The number of rotatable bonds is 8. The number of carboxylic acids is 1. The Morgan fingerprint density at radius 2 is 1.75 bits per heavy atom. The number of carbonyl (C=O) groups is 1. The number of nitrogens with zero attached hydrogens (tertiary/aromatic N) is 1. The van der Waals surface area contributed by atoms with E-state index in [9.17, 15) is 13.2 Å². The summed E-state index contributed by atoms with van der Waals surface area (Å²) in [6.07, 6.45) is 1.26. The van der Waals surface area contributed by atoms with E-state index in [2.05, 4.69) is 4.98 Å². The smallest absolute Gasteiger partial charge is 0.335 e. The summed E-state index contributed by atoms with van der Waals surface area (Å²) in [6, 6.07) is 8.05. The molecule has 2 rings (SSSR count). The average molecular weight is 351 g/mol. The predicted molar refractivity (Wildman–Crippen MR) is 84.6 cm³/mol. The molecule has 1 aromatic heterocycles. The minimum atomic E-state index is -3.74. The molecule has 0 unspecified atom stereocenters. The summed E-state index contributed by atoms with van der Waals surface area (Å²) in [4.78, 5) is 14.9. The first-order chi connectivity index (χ1) is 11.4. The van der Waals surface area contributed by atoms with Gasteiger partial charge in [0.1, 0.15) is 0 Å². The van der Waals surface area contributed by atoms with Gasteiger partial charge in [0.2, 0.25) is 9.84 Å². The Hall–Kier alpha value is -2.29. The molecule has 0 bridgehead atoms. The number of hydrogen-bond donors (Lipinski definition) is 1. The second kappa shape index (κ2) is 8.00. The Balaban J connectivity index is 2.13. The molecule has 1 N–H and O–H groups in total. The maximum absolute atomic E-state index is 12.5. The first-order valence-corrected chi connectivity index (χ1v) is 8.53. The van der Waals surface area contributed by atoms with Crippen molar-refractivity contribution in [2.24, 2.45) is 0 Å². The zero-order chi connectivity index (χ0) is 17.6. The lowest BCUT2D eigenvalue weighted by Crippen LogP contribution is -2.06. The molecule has 0 saturated carbocycles. The van der Waals surface area contributed by atoms with E-state index in [0.29, 0.717) is 18.9 Å². The highest BCUT2D eigenvalue weighted by molar-refractivity contribution is 7.91. The molecule has 128 valence electrons. The van der Waals surface area contributed by atoms with Crippen LogP contribution < -0.4 is 0 Å². The molecule has 0 atom stereocenters. The van der Waals surface area contributed by atoms with E-state index in [-0.39, 0.29) is 22.0 Å². The van der Waals surface area contributed by atoms with Crippen molar-refractivity contribution in [2.75, 3.05) is 20.3 Å². The van der Waals surface area contributed by atoms with Crippen LogP contribution in [0, 0.1) is 0 Å². The summed E-state index contributed by atoms with van der Waals surface area (Å²) >= 11 is 0. The lowest BCUT2D eigenvalue weighted by Gasteiger charge is -2.07. The number of aromatic carboxylic acids is 1. The number of benzene rings is 1. The molecule has 0 fully saturated rings. The van der Waals surface area contributed by atoms with Crippen LogP contribution in [0.15, 0.2) is 52.4 Å². The molecule has 0 aliphatic heterocycles. The maximum atomic E-state index is 12.5. The van der Waals surface area contributed by atoms with Crippen LogP contribution in [0.5, 0.6) is 0 Å². The Morgan fingerprint density at radius 1 is 1.08 bits per heavy atom. The number of methoxy groups -OCH3 is 1. The van der Waals surface area contributed by atoms with Crippen LogP contribution in [0.3, 0.4) is 0 Å². The zero-order valence-electron chi connectivity index (χ0n) is 13.0. The van der Waals surface area contributed by atoms with E-state index in [4.69, 9.17) is 14.6 Å². The van der Waals surface area contributed by atoms with Crippen LogP contribution in [0.25, 0.3) is 0 Å². The van der Waals surface area contributed by atoms with E-state index in [1.807, 2.05) is 0 Å². The highest BCUT2D eigenvalue weighted by atomic mass is 32.2. The van der Waals surface area contributed by atoms with Crippen molar-refractivity contribution < 1.29 is 27.8 Å². The van der Waals surface area contributed by atoms with Gasteiger partial charge in [-0.15, -0.1) is 0 Å². The second-order valence-corrected chi connectivity index (χ2v) is 6.81. The van der Waals surface area contributed by atoms with Crippen LogP contribution in [0.1, 0.15) is 16.1 Å². The first kappa shape index (κ1) is 18.1. The monoisotopic (exact) mass is 351 g/mol. The van der Waals surface area contributed by atoms with E-state index in [1.165, 1.54) is 36.5 Å². The van der Waals surface area contributed by atoms with E-state index in [1.54, 1.807) is 13.2 Å². The fourth-order valence-corrected chi connectivity index (χ4v) is 3.09. The number of hydrogen-bond acceptors (Lipinski definition) is 6. The minimum absolute atomic E-state index is 0.0124. The van der Waals surface area contributed by atoms with Crippen molar-refractivity contribution in [2.45, 2.75) is 16.4 Å². The lowest BCUT2D eigenvalue weighted by atomic mass is 10.2. The third kappa shape index (κ3) is 4.38. The average Bonchev–Trinajstić information content (AvgIpc) is 2.59. The largest absolute Gasteiger partial charge is 0.478 e. The first-order valence-electron chi connectivity index (χ1n) is 7.05. The standard InChI is InChI=1S/C16H17NO6S/c1-22-8-9-23-11-13-4-7-15(10-17-13)24(20,21)14-5-2-12(3-6-14)16(18)19/h2-7,10H,8-9,11H2,1H3,(H,18,19). The Bertz CT molecular complexity index is 784. The molecule has 1 aromatic carbocycles. The molecule has 7 nitrogen and oxygen atoms in total. The van der Waals surface area contributed by atoms with Crippen molar-refractivity contribution in [1.29, 1.82) is 0 Å². The van der Waals surface area contributed by atoms with Gasteiger partial charge in [-0.1, -0.05) is 0 Å². The third-order valence-electron chi connectivity index (χ3n) is 3.20. The highest BCUT2D eigenvalue weighted by Gasteiger charge is 2.18. The topological polar surface area (TPSA) is 103 Å². The van der Waals surface area contributed by atoms with E-state index < -0.39 is 15.8 Å². The van der Waals surface area contributed by atoms with Gasteiger partial charge in [-0.25, -0.2) is 13.2 Å². The molecule has 0 amide bonds. The van der Waals surface area contributed by atoms with Crippen LogP contribution in [0.4, 0.5) is 0 Å². The van der Waals surface area contributed by atoms with Gasteiger partial charge < -0.3 is 14.6 Å². The Morgan fingerprint density at radius 3 is 2.29 bits per heavy atom. The van der Waals surface area contributed by atoms with Crippen LogP contribution in [-0.4, -0.2) is 44.8 Å². The molecule has 24 heavy (non-hydrogen) atoms. The molecule has 0 aliphatic carbocycles. The fraction of sp³-hybridized carbons (Fsp3) is 0.250. The SMILES string of the molecule is COCCOCc1ccc(S(=O)(=O)c2ccc(C(=O)O)cc2)cn1. The van der Waals surface area contributed by atoms with Gasteiger partial charge in [0.15, 0.2) is 0 Å². The summed E-state index contributed by atoms with van der Waals surface area (Å²) in [7, 11) is -2.17. The van der Waals surface area contributed by atoms with Crippen LogP contribution >= 0.6 is 0 Å². The normalized spacial score (nSPS) is 11.4. The molecule has 0 radical (unpaired) electrons. The van der Waals surface area contributed by atoms with E-state index in [0.717, 1.165) is 0 Å². The van der Waals surface area contributed by atoms with Gasteiger partial charge in [-0.2, -0.15) is 0 Å². The van der Waals surface area contributed by atoms with Gasteiger partial charge in [0.05, 0.1) is 40.9 Å². The summed E-state index contributed by atoms with van der Waals surface area (Å²) in [5.74, 6) is -1.11. The van der Waals surface area contributed by atoms with Crippen molar-refractivity contribution in [3.05, 3.63) is 53.9 Å². The minimum Gasteiger partial charge on any atom is -0.478 e. The molecule has 8 heteroatoms. The van der Waals surface area contributed by atoms with Crippen molar-refractivity contribution >= 4 is 15.8 Å². The van der Waals surface area contributed by atoms with Crippen LogP contribution in [-0.2, 0) is 25.9 Å². The number of sulfone groups is 1. The number of pyridine rings is 1. The molecule has 1 heterocycles. The lowest BCUT2D eigenvalue weighted by molar-refractivity contribution is 0.0602. The number of aromatic nitrogens is 1. The molecular weight excluding hydrogens is 334 g/mol. The molecule has 0 saturated heterocycles. The fourth-order valence-electron chi connectivity index (χ4n) is 1.89. The van der Waals surface area contributed by atoms with Crippen molar-refractivity contribution in [3.63, 3.8) is 0 Å². The quantitative estimate of drug-likeness (QED) is 0.723. The van der Waals surface area contributed by atoms with Crippen molar-refractivity contribution in [3.8, 4) is 0 Å². The maximum Gasteiger partial charge on any atom is 0.335 e. The molecule has 0 spiro atoms. The molecule has 2 aromatic rings. The number of carboxylic acid groups (broad SMARTS) is 1. The zero-order valence-corrected chi connectivity index (χ0v) is 13.8. The summed E-state index contributed by atoms with van der Waals surface area (Å²) in [6.45, 7) is 1.16. The van der Waals surface area contributed by atoms with Gasteiger partial charge in [-0.05, 0) is 36.4 Å². The third-order valence-corrected chi connectivity index (χ3v) is 4.96. The highest BCUT2D eigenvalue weighted by Crippen LogP contribution is 2.20. The van der Waals surface area contributed by atoms with Gasteiger partial charge in [0.25, 0.3) is 0 Å². The predicted octanol–water partition coefficient (Wildman–Crippen LogP) is 1.78. The van der Waals surface area contributed by atoms with Gasteiger partial charge >= 0.3 is 5.97 Å². The Kier molecular flexibility index (Phi) is 6.02.